The summed E-state index contributed by atoms with van der Waals surface area (Å²) in [4.78, 5) is 6.73. The third kappa shape index (κ3) is 6.05. The van der Waals surface area contributed by atoms with E-state index in [9.17, 15) is 0 Å². The van der Waals surface area contributed by atoms with E-state index in [1.165, 1.54) is 11.3 Å². The average molecular weight is 436 g/mol. The van der Waals surface area contributed by atoms with E-state index in [2.05, 4.69) is 20.1 Å². The van der Waals surface area contributed by atoms with Gasteiger partial charge in [0.2, 0.25) is 5.13 Å². The molecular weight excluding hydrogens is 410 g/mol. The number of aliphatic imine (C=N–C) groups is 1. The number of nitrogens with one attached hydrogen (secondary N) is 1. The van der Waals surface area contributed by atoms with Crippen LogP contribution in [0.25, 0.3) is 10.6 Å². The maximum Gasteiger partial charge on any atom is 0.231 e. The van der Waals surface area contributed by atoms with Crippen LogP contribution in [0.5, 0.6) is 5.75 Å². The number of aromatic nitrogens is 2. The molecule has 2 heterocycles. The van der Waals surface area contributed by atoms with Crippen molar-refractivity contribution in [2.75, 3.05) is 26.2 Å². The lowest BCUT2D eigenvalue weighted by Gasteiger charge is -2.31. The summed E-state index contributed by atoms with van der Waals surface area (Å²) >= 11 is 7.70. The van der Waals surface area contributed by atoms with Gasteiger partial charge < -0.3 is 20.2 Å². The minimum absolute atomic E-state index is 0.0308. The SMILES string of the molecule is CC(C)Oc1ccc(-c2nnc(N=CC3CN(CCCO)CCC3=N)s2)cc1Cl. The molecule has 1 aromatic carbocycles. The van der Waals surface area contributed by atoms with Crippen molar-refractivity contribution in [1.82, 2.24) is 15.1 Å². The van der Waals surface area contributed by atoms with Crippen molar-refractivity contribution in [1.29, 1.82) is 5.41 Å². The first-order chi connectivity index (χ1) is 14.0. The molecule has 2 aromatic rings. The fourth-order valence-electron chi connectivity index (χ4n) is 3.10. The standard InChI is InChI=1S/C20H26ClN5O2S/c1-13(2)28-18-5-4-14(10-16(18)21)19-24-25-20(29-19)23-11-15-12-26(7-3-9-27)8-6-17(15)22/h4-5,10-11,13,15,22,27H,3,6-9,12H2,1-2H3. The third-order valence-corrected chi connectivity index (χ3v) is 5.73. The van der Waals surface area contributed by atoms with Gasteiger partial charge in [-0.15, -0.1) is 10.2 Å². The van der Waals surface area contributed by atoms with Gasteiger partial charge in [-0.3, -0.25) is 0 Å². The number of nitrogens with zero attached hydrogens (tertiary/aromatic N) is 4. The molecule has 1 unspecified atom stereocenters. The van der Waals surface area contributed by atoms with Crippen molar-refractivity contribution < 1.29 is 9.84 Å². The zero-order valence-corrected chi connectivity index (χ0v) is 18.2. The molecule has 3 rings (SSSR count). The zero-order valence-electron chi connectivity index (χ0n) is 16.6. The number of likely N-dealkylation sites (tertiary alicyclic amines) is 1. The maximum absolute atomic E-state index is 9.01. The Hall–Kier alpha value is -1.87. The van der Waals surface area contributed by atoms with Crippen molar-refractivity contribution in [3.05, 3.63) is 23.2 Å². The molecular formula is C20H26ClN5O2S. The number of hydrogen-bond acceptors (Lipinski definition) is 8. The van der Waals surface area contributed by atoms with E-state index >= 15 is 0 Å². The minimum atomic E-state index is -0.0308. The van der Waals surface area contributed by atoms with Gasteiger partial charge >= 0.3 is 0 Å². The van der Waals surface area contributed by atoms with Gasteiger partial charge in [0.05, 0.1) is 11.1 Å². The summed E-state index contributed by atoms with van der Waals surface area (Å²) in [7, 11) is 0. The monoisotopic (exact) mass is 435 g/mol. The predicted molar refractivity (Wildman–Crippen MR) is 118 cm³/mol. The van der Waals surface area contributed by atoms with E-state index in [-0.39, 0.29) is 18.6 Å². The molecule has 2 N–H and O–H groups in total. The van der Waals surface area contributed by atoms with Crippen LogP contribution in [-0.2, 0) is 0 Å². The smallest absolute Gasteiger partial charge is 0.231 e. The summed E-state index contributed by atoms with van der Waals surface area (Å²) < 4.78 is 5.66. The molecule has 1 aliphatic heterocycles. The van der Waals surface area contributed by atoms with Crippen LogP contribution in [0, 0.1) is 11.3 Å². The normalized spacial score (nSPS) is 18.1. The second kappa shape index (κ2) is 10.2. The molecule has 29 heavy (non-hydrogen) atoms. The number of benzene rings is 1. The summed E-state index contributed by atoms with van der Waals surface area (Å²) in [6, 6.07) is 5.57. The molecule has 1 aliphatic rings. The number of aliphatic hydroxyl groups excluding tert-OH is 1. The number of rotatable bonds is 8. The minimum Gasteiger partial charge on any atom is -0.489 e. The Bertz CT molecular complexity index is 870. The number of halogens is 1. The van der Waals surface area contributed by atoms with Crippen LogP contribution in [0.4, 0.5) is 5.13 Å². The van der Waals surface area contributed by atoms with E-state index in [1.807, 2.05) is 32.0 Å². The van der Waals surface area contributed by atoms with Gasteiger partial charge in [0, 0.05) is 49.6 Å². The molecule has 1 fully saturated rings. The number of ether oxygens (including phenoxy) is 1. The quantitative estimate of drug-likeness (QED) is 0.609. The van der Waals surface area contributed by atoms with Gasteiger partial charge in [-0.1, -0.05) is 22.9 Å². The molecule has 0 saturated carbocycles. The molecule has 0 aliphatic carbocycles. The maximum atomic E-state index is 9.01. The Balaban J connectivity index is 1.66. The first-order valence-electron chi connectivity index (χ1n) is 9.71. The number of piperidine rings is 1. The Morgan fingerprint density at radius 3 is 3.00 bits per heavy atom. The van der Waals surface area contributed by atoms with Gasteiger partial charge in [-0.05, 0) is 44.9 Å². The predicted octanol–water partition coefficient (Wildman–Crippen LogP) is 4.07. The Kier molecular flexibility index (Phi) is 7.71. The topological polar surface area (TPSA) is 94.7 Å². The second-order valence-corrected chi connectivity index (χ2v) is 8.60. The second-order valence-electron chi connectivity index (χ2n) is 7.24. The largest absolute Gasteiger partial charge is 0.489 e. The molecule has 0 spiro atoms. The zero-order chi connectivity index (χ0) is 20.8. The first-order valence-corrected chi connectivity index (χ1v) is 10.9. The van der Waals surface area contributed by atoms with Crippen molar-refractivity contribution in [2.45, 2.75) is 32.8 Å². The van der Waals surface area contributed by atoms with Crippen molar-refractivity contribution in [3.63, 3.8) is 0 Å². The summed E-state index contributed by atoms with van der Waals surface area (Å²) in [5.41, 5.74) is 1.55. The van der Waals surface area contributed by atoms with E-state index in [0.717, 1.165) is 43.0 Å². The molecule has 0 radical (unpaired) electrons. The molecule has 0 bridgehead atoms. The molecule has 1 aromatic heterocycles. The Labute approximate surface area is 179 Å². The van der Waals surface area contributed by atoms with Crippen LogP contribution >= 0.6 is 22.9 Å². The van der Waals surface area contributed by atoms with Crippen molar-refractivity contribution >= 4 is 40.0 Å². The fraction of sp³-hybridized carbons (Fsp3) is 0.500. The molecule has 7 nitrogen and oxygen atoms in total. The molecule has 1 saturated heterocycles. The highest BCUT2D eigenvalue weighted by Crippen LogP contribution is 2.34. The Morgan fingerprint density at radius 1 is 1.45 bits per heavy atom. The lowest BCUT2D eigenvalue weighted by Crippen LogP contribution is -2.41. The number of aliphatic hydroxyl groups is 1. The Morgan fingerprint density at radius 2 is 2.28 bits per heavy atom. The van der Waals surface area contributed by atoms with Crippen LogP contribution in [0.2, 0.25) is 5.02 Å². The summed E-state index contributed by atoms with van der Waals surface area (Å²) in [6.45, 7) is 6.56. The van der Waals surface area contributed by atoms with E-state index < -0.39 is 0 Å². The third-order valence-electron chi connectivity index (χ3n) is 4.55. The highest BCUT2D eigenvalue weighted by molar-refractivity contribution is 7.18. The first kappa shape index (κ1) is 21.8. The van der Waals surface area contributed by atoms with E-state index in [4.69, 9.17) is 26.9 Å². The van der Waals surface area contributed by atoms with Gasteiger partial charge in [0.1, 0.15) is 10.8 Å². The van der Waals surface area contributed by atoms with Crippen LogP contribution < -0.4 is 4.74 Å². The molecule has 9 heteroatoms. The van der Waals surface area contributed by atoms with Crippen molar-refractivity contribution in [3.8, 4) is 16.3 Å². The molecule has 156 valence electrons. The van der Waals surface area contributed by atoms with Crippen molar-refractivity contribution in [2.24, 2.45) is 10.9 Å². The number of hydrogen-bond donors (Lipinski definition) is 2. The fourth-order valence-corrected chi connectivity index (χ4v) is 4.02. The summed E-state index contributed by atoms with van der Waals surface area (Å²) in [6.07, 6.45) is 3.33. The van der Waals surface area contributed by atoms with Crippen LogP contribution in [-0.4, -0.2) is 64.5 Å². The van der Waals surface area contributed by atoms with Crippen LogP contribution in [0.3, 0.4) is 0 Å². The van der Waals surface area contributed by atoms with Crippen LogP contribution in [0.1, 0.15) is 26.7 Å². The molecule has 0 amide bonds. The highest BCUT2D eigenvalue weighted by Gasteiger charge is 2.22. The van der Waals surface area contributed by atoms with Gasteiger partial charge in [-0.25, -0.2) is 4.99 Å². The highest BCUT2D eigenvalue weighted by atomic mass is 35.5. The lowest BCUT2D eigenvalue weighted by molar-refractivity contribution is 0.216. The van der Waals surface area contributed by atoms with Gasteiger partial charge in [0.25, 0.3) is 0 Å². The van der Waals surface area contributed by atoms with E-state index in [0.29, 0.717) is 21.6 Å². The summed E-state index contributed by atoms with van der Waals surface area (Å²) in [5.74, 6) is 0.617. The lowest BCUT2D eigenvalue weighted by atomic mass is 9.96. The van der Waals surface area contributed by atoms with E-state index in [1.54, 1.807) is 6.21 Å². The summed E-state index contributed by atoms with van der Waals surface area (Å²) in [5, 5.41) is 27.4. The average Bonchev–Trinajstić information content (AvgIpc) is 3.16. The molecule has 1 atom stereocenters. The van der Waals surface area contributed by atoms with Gasteiger partial charge in [-0.2, -0.15) is 0 Å². The van der Waals surface area contributed by atoms with Gasteiger partial charge in [0.15, 0.2) is 0 Å². The van der Waals surface area contributed by atoms with Crippen LogP contribution in [0.15, 0.2) is 23.2 Å².